The van der Waals surface area contributed by atoms with Crippen molar-refractivity contribution in [3.05, 3.63) is 77.7 Å². The fourth-order valence-electron chi connectivity index (χ4n) is 4.19. The first-order chi connectivity index (χ1) is 17.5. The fourth-order valence-corrected chi connectivity index (χ4v) is 4.19. The van der Waals surface area contributed by atoms with Gasteiger partial charge in [0.1, 0.15) is 6.04 Å². The smallest absolute Gasteiger partial charge is 0.338 e. The van der Waals surface area contributed by atoms with Gasteiger partial charge in [0.15, 0.2) is 17.3 Å². The van der Waals surface area contributed by atoms with E-state index in [4.69, 9.17) is 18.6 Å². The van der Waals surface area contributed by atoms with Crippen LogP contribution in [0.4, 0.5) is 5.69 Å². The molecule has 10 nitrogen and oxygen atoms in total. The number of nitrogens with zero attached hydrogens (tertiary/aromatic N) is 2. The van der Waals surface area contributed by atoms with Gasteiger partial charge in [0.05, 0.1) is 30.5 Å². The van der Waals surface area contributed by atoms with Crippen LogP contribution in [0.25, 0.3) is 0 Å². The molecule has 1 fully saturated rings. The second kappa shape index (κ2) is 9.57. The van der Waals surface area contributed by atoms with Crippen molar-refractivity contribution in [1.82, 2.24) is 4.90 Å². The first-order valence-electron chi connectivity index (χ1n) is 11.3. The minimum Gasteiger partial charge on any atom is -0.462 e. The van der Waals surface area contributed by atoms with Crippen molar-refractivity contribution in [3.63, 3.8) is 0 Å². The van der Waals surface area contributed by atoms with Gasteiger partial charge in [-0.3, -0.25) is 14.4 Å². The molecule has 3 aromatic rings. The van der Waals surface area contributed by atoms with E-state index in [1.807, 2.05) is 0 Å². The van der Waals surface area contributed by atoms with Crippen LogP contribution in [0.3, 0.4) is 0 Å². The molecule has 184 valence electrons. The molecular formula is C26H22N2O8. The third kappa shape index (κ3) is 4.28. The molecule has 2 aromatic carbocycles. The predicted molar refractivity (Wildman–Crippen MR) is 124 cm³/mol. The van der Waals surface area contributed by atoms with Crippen LogP contribution in [0.15, 0.2) is 65.3 Å². The highest BCUT2D eigenvalue weighted by atomic mass is 16.7. The molecule has 0 bridgehead atoms. The number of rotatable bonds is 7. The zero-order valence-corrected chi connectivity index (χ0v) is 19.3. The predicted octanol–water partition coefficient (Wildman–Crippen LogP) is 3.16. The number of ether oxygens (including phenoxy) is 3. The first kappa shape index (κ1) is 23.2. The number of esters is 1. The Morgan fingerprint density at radius 1 is 1.06 bits per heavy atom. The minimum atomic E-state index is -1.05. The van der Waals surface area contributed by atoms with Gasteiger partial charge in [-0.1, -0.05) is 6.07 Å². The number of fused-ring (bicyclic) bond motifs is 1. The Morgan fingerprint density at radius 3 is 2.56 bits per heavy atom. The maximum atomic E-state index is 13.5. The van der Waals surface area contributed by atoms with Gasteiger partial charge in [-0.25, -0.2) is 9.69 Å². The zero-order valence-electron chi connectivity index (χ0n) is 19.3. The van der Waals surface area contributed by atoms with Crippen LogP contribution in [-0.4, -0.2) is 48.0 Å². The molecule has 2 aliphatic heterocycles. The van der Waals surface area contributed by atoms with E-state index in [1.54, 1.807) is 31.2 Å². The van der Waals surface area contributed by atoms with Crippen LogP contribution in [0.2, 0.25) is 0 Å². The fraction of sp³-hybridized carbons (Fsp3) is 0.231. The van der Waals surface area contributed by atoms with Crippen LogP contribution < -0.4 is 14.4 Å². The molecule has 1 aromatic heterocycles. The molecule has 0 saturated carbocycles. The van der Waals surface area contributed by atoms with E-state index in [-0.39, 0.29) is 32.1 Å². The lowest BCUT2D eigenvalue weighted by Crippen LogP contribution is -2.45. The molecule has 0 N–H and O–H groups in total. The van der Waals surface area contributed by atoms with E-state index < -0.39 is 29.7 Å². The summed E-state index contributed by atoms with van der Waals surface area (Å²) in [4.78, 5) is 54.1. The van der Waals surface area contributed by atoms with E-state index in [1.165, 1.54) is 41.5 Å². The van der Waals surface area contributed by atoms with Gasteiger partial charge in [0, 0.05) is 6.54 Å². The third-order valence-corrected chi connectivity index (χ3v) is 5.92. The second-order valence-electron chi connectivity index (χ2n) is 8.15. The SMILES string of the molecule is CCOC(=O)c1ccc(N2C(=O)CC(N(Cc3ccc4c(c3)OCO4)C(=O)c3ccco3)C2=O)cc1. The molecule has 0 spiro atoms. The molecular weight excluding hydrogens is 468 g/mol. The average Bonchev–Trinajstić information content (AvgIpc) is 3.63. The third-order valence-electron chi connectivity index (χ3n) is 5.92. The second-order valence-corrected chi connectivity index (χ2v) is 8.15. The summed E-state index contributed by atoms with van der Waals surface area (Å²) in [7, 11) is 0. The summed E-state index contributed by atoms with van der Waals surface area (Å²) in [5, 5.41) is 0. The molecule has 1 atom stereocenters. The first-order valence-corrected chi connectivity index (χ1v) is 11.3. The number of furan rings is 1. The molecule has 2 aliphatic rings. The summed E-state index contributed by atoms with van der Waals surface area (Å²) < 4.78 is 21.0. The number of carbonyl (C=O) groups is 4. The Labute approximate surface area is 205 Å². The lowest BCUT2D eigenvalue weighted by atomic mass is 10.1. The molecule has 10 heteroatoms. The number of imide groups is 1. The van der Waals surface area contributed by atoms with Gasteiger partial charge in [-0.05, 0) is 61.0 Å². The van der Waals surface area contributed by atoms with Crippen LogP contribution in [0.5, 0.6) is 11.5 Å². The number of amides is 3. The summed E-state index contributed by atoms with van der Waals surface area (Å²) in [5.74, 6) is -0.861. The Bertz CT molecular complexity index is 1320. The molecule has 3 heterocycles. The summed E-state index contributed by atoms with van der Waals surface area (Å²) in [6, 6.07) is 13.2. The van der Waals surface area contributed by atoms with E-state index in [0.29, 0.717) is 28.3 Å². The maximum absolute atomic E-state index is 13.5. The van der Waals surface area contributed by atoms with E-state index in [0.717, 1.165) is 4.90 Å². The maximum Gasteiger partial charge on any atom is 0.338 e. The Hall–Kier alpha value is -4.60. The van der Waals surface area contributed by atoms with Crippen molar-refractivity contribution in [1.29, 1.82) is 0 Å². The van der Waals surface area contributed by atoms with Crippen LogP contribution in [0.1, 0.15) is 39.8 Å². The summed E-state index contributed by atoms with van der Waals surface area (Å²) in [6.45, 7) is 2.07. The number of anilines is 1. The van der Waals surface area contributed by atoms with Gasteiger partial charge >= 0.3 is 5.97 Å². The highest BCUT2D eigenvalue weighted by Crippen LogP contribution is 2.34. The van der Waals surface area contributed by atoms with Gasteiger partial charge in [0.2, 0.25) is 12.7 Å². The molecule has 0 radical (unpaired) electrons. The number of benzene rings is 2. The lowest BCUT2D eigenvalue weighted by molar-refractivity contribution is -0.122. The van der Waals surface area contributed by atoms with Crippen molar-refractivity contribution >= 4 is 29.4 Å². The monoisotopic (exact) mass is 490 g/mol. The highest BCUT2D eigenvalue weighted by Gasteiger charge is 2.45. The Morgan fingerprint density at radius 2 is 1.83 bits per heavy atom. The van der Waals surface area contributed by atoms with E-state index >= 15 is 0 Å². The average molecular weight is 490 g/mol. The molecule has 0 aliphatic carbocycles. The van der Waals surface area contributed by atoms with Gasteiger partial charge in [0.25, 0.3) is 11.8 Å². The van der Waals surface area contributed by atoms with Crippen LogP contribution >= 0.6 is 0 Å². The van der Waals surface area contributed by atoms with Gasteiger partial charge in [-0.2, -0.15) is 0 Å². The number of hydrogen-bond donors (Lipinski definition) is 0. The largest absolute Gasteiger partial charge is 0.462 e. The molecule has 36 heavy (non-hydrogen) atoms. The molecule has 3 amide bonds. The number of hydrogen-bond acceptors (Lipinski definition) is 8. The highest BCUT2D eigenvalue weighted by molar-refractivity contribution is 6.23. The van der Waals surface area contributed by atoms with Gasteiger partial charge < -0.3 is 23.5 Å². The topological polar surface area (TPSA) is 116 Å². The normalized spacial score (nSPS) is 16.4. The van der Waals surface area contributed by atoms with Crippen molar-refractivity contribution in [2.24, 2.45) is 0 Å². The van der Waals surface area contributed by atoms with Crippen molar-refractivity contribution < 1.29 is 37.8 Å². The van der Waals surface area contributed by atoms with Gasteiger partial charge in [-0.15, -0.1) is 0 Å². The van der Waals surface area contributed by atoms with E-state index in [2.05, 4.69) is 0 Å². The van der Waals surface area contributed by atoms with Crippen molar-refractivity contribution in [2.45, 2.75) is 25.9 Å². The Kier molecular flexibility index (Phi) is 6.16. The van der Waals surface area contributed by atoms with Crippen molar-refractivity contribution in [3.8, 4) is 11.5 Å². The van der Waals surface area contributed by atoms with E-state index in [9.17, 15) is 19.2 Å². The zero-order chi connectivity index (χ0) is 25.2. The van der Waals surface area contributed by atoms with Crippen molar-refractivity contribution in [2.75, 3.05) is 18.3 Å². The number of carbonyl (C=O) groups excluding carboxylic acids is 4. The minimum absolute atomic E-state index is 0.0372. The summed E-state index contributed by atoms with van der Waals surface area (Å²) in [5.41, 5.74) is 1.29. The molecule has 1 saturated heterocycles. The standard InChI is InChI=1S/C26H22N2O8/c1-2-33-26(32)17-6-8-18(9-7-17)28-23(29)13-19(24(28)30)27(25(31)21-4-3-11-34-21)14-16-5-10-20-22(12-16)36-15-35-20/h3-12,19H,2,13-15H2,1H3. The molecule has 5 rings (SSSR count). The Balaban J connectivity index is 1.42. The summed E-state index contributed by atoms with van der Waals surface area (Å²) in [6.07, 6.45) is 1.17. The molecule has 1 unspecified atom stereocenters. The lowest BCUT2D eigenvalue weighted by Gasteiger charge is -2.27. The quantitative estimate of drug-likeness (QED) is 0.366. The van der Waals surface area contributed by atoms with Crippen LogP contribution in [-0.2, 0) is 20.9 Å². The summed E-state index contributed by atoms with van der Waals surface area (Å²) >= 11 is 0. The van der Waals surface area contributed by atoms with Crippen LogP contribution in [0, 0.1) is 0 Å².